The Labute approximate surface area is 155 Å². The number of carbonyl (C=O) groups excluding carboxylic acids is 1. The van der Waals surface area contributed by atoms with Gasteiger partial charge < -0.3 is 9.47 Å². The van der Waals surface area contributed by atoms with E-state index in [0.29, 0.717) is 11.5 Å². The van der Waals surface area contributed by atoms with Gasteiger partial charge in [0.05, 0.1) is 7.11 Å². The predicted molar refractivity (Wildman–Crippen MR) is 103 cm³/mol. The van der Waals surface area contributed by atoms with Gasteiger partial charge in [-0.3, -0.25) is 14.7 Å². The number of methoxy groups -OCH3 is 1. The second-order valence-corrected chi connectivity index (χ2v) is 5.87. The number of likely N-dealkylation sites (N-methyl/N-ethyl adjacent to an activating group) is 1. The van der Waals surface area contributed by atoms with Gasteiger partial charge >= 0.3 is 5.97 Å². The Morgan fingerprint density at radius 2 is 2.08 bits per heavy atom. The molecule has 0 N–H and O–H groups in total. The van der Waals surface area contributed by atoms with Gasteiger partial charge in [-0.15, -0.1) is 0 Å². The lowest BCUT2D eigenvalue weighted by Crippen LogP contribution is -2.26. The molecule has 0 saturated carbocycles. The van der Waals surface area contributed by atoms with E-state index in [-0.39, 0.29) is 5.97 Å². The molecule has 0 aliphatic carbocycles. The Morgan fingerprint density at radius 1 is 1.23 bits per heavy atom. The van der Waals surface area contributed by atoms with Crippen LogP contribution in [0.4, 0.5) is 0 Å². The largest absolute Gasteiger partial charge is 0.493 e. The van der Waals surface area contributed by atoms with Crippen molar-refractivity contribution in [2.45, 2.75) is 20.3 Å². The third kappa shape index (κ3) is 6.33. The Hall–Kier alpha value is -2.66. The van der Waals surface area contributed by atoms with E-state index in [1.165, 1.54) is 6.92 Å². The quantitative estimate of drug-likeness (QED) is 0.509. The maximum Gasteiger partial charge on any atom is 0.308 e. The van der Waals surface area contributed by atoms with E-state index in [1.54, 1.807) is 13.2 Å². The topological polar surface area (TPSA) is 51.7 Å². The first-order valence-corrected chi connectivity index (χ1v) is 8.77. The number of aromatic nitrogens is 1. The Morgan fingerprint density at radius 3 is 2.73 bits per heavy atom. The van der Waals surface area contributed by atoms with Crippen molar-refractivity contribution in [2.24, 2.45) is 0 Å². The molecule has 26 heavy (non-hydrogen) atoms. The average molecular weight is 354 g/mol. The van der Waals surface area contributed by atoms with Crippen molar-refractivity contribution < 1.29 is 14.3 Å². The Kier molecular flexibility index (Phi) is 7.83. The van der Waals surface area contributed by atoms with Crippen LogP contribution in [0.15, 0.2) is 48.7 Å². The van der Waals surface area contributed by atoms with Gasteiger partial charge in [0.25, 0.3) is 0 Å². The van der Waals surface area contributed by atoms with Gasteiger partial charge in [0.15, 0.2) is 11.5 Å². The van der Waals surface area contributed by atoms with Crippen molar-refractivity contribution >= 4 is 12.0 Å². The molecule has 0 spiro atoms. The van der Waals surface area contributed by atoms with E-state index in [4.69, 9.17) is 9.47 Å². The van der Waals surface area contributed by atoms with E-state index in [0.717, 1.165) is 37.3 Å². The number of rotatable bonds is 9. The van der Waals surface area contributed by atoms with Gasteiger partial charge in [-0.25, -0.2) is 0 Å². The molecule has 1 aromatic carbocycles. The normalized spacial score (nSPS) is 11.1. The van der Waals surface area contributed by atoms with Crippen molar-refractivity contribution in [3.8, 4) is 11.5 Å². The number of benzene rings is 1. The number of esters is 1. The summed E-state index contributed by atoms with van der Waals surface area (Å²) in [5.41, 5.74) is 2.11. The van der Waals surface area contributed by atoms with Crippen molar-refractivity contribution in [3.63, 3.8) is 0 Å². The summed E-state index contributed by atoms with van der Waals surface area (Å²) in [7, 11) is 1.56. The molecular weight excluding hydrogens is 328 g/mol. The molecule has 5 nitrogen and oxygen atoms in total. The van der Waals surface area contributed by atoms with E-state index in [9.17, 15) is 4.79 Å². The number of pyridine rings is 1. The standard InChI is InChI=1S/C21H26N2O3/c1-4-23(15-12-19-9-5-6-13-22-19)14-7-8-18-10-11-20(26-17(2)24)21(16-18)25-3/h5-11,13,16H,4,12,14-15H2,1-3H3. The van der Waals surface area contributed by atoms with E-state index in [1.807, 2.05) is 36.5 Å². The molecule has 5 heteroatoms. The lowest BCUT2D eigenvalue weighted by Gasteiger charge is -2.18. The second kappa shape index (κ2) is 10.4. The summed E-state index contributed by atoms with van der Waals surface area (Å²) in [6, 6.07) is 11.5. The van der Waals surface area contributed by atoms with E-state index in [2.05, 4.69) is 29.0 Å². The molecule has 1 heterocycles. The first-order chi connectivity index (χ1) is 12.6. The van der Waals surface area contributed by atoms with Crippen LogP contribution in [0.2, 0.25) is 0 Å². The zero-order valence-electron chi connectivity index (χ0n) is 15.6. The number of carbonyl (C=O) groups is 1. The number of ether oxygens (including phenoxy) is 2. The molecule has 0 fully saturated rings. The second-order valence-electron chi connectivity index (χ2n) is 5.87. The zero-order chi connectivity index (χ0) is 18.8. The molecule has 0 radical (unpaired) electrons. The smallest absolute Gasteiger partial charge is 0.308 e. The molecule has 1 aromatic heterocycles. The molecule has 2 rings (SSSR count). The van der Waals surface area contributed by atoms with Crippen LogP contribution < -0.4 is 9.47 Å². The van der Waals surface area contributed by atoms with E-state index < -0.39 is 0 Å². The number of nitrogens with zero attached hydrogens (tertiary/aromatic N) is 2. The maximum atomic E-state index is 11.1. The highest BCUT2D eigenvalue weighted by Crippen LogP contribution is 2.28. The molecule has 0 atom stereocenters. The first-order valence-electron chi connectivity index (χ1n) is 8.77. The monoisotopic (exact) mass is 354 g/mol. The van der Waals surface area contributed by atoms with Crippen molar-refractivity contribution in [1.29, 1.82) is 0 Å². The lowest BCUT2D eigenvalue weighted by molar-refractivity contribution is -0.132. The summed E-state index contributed by atoms with van der Waals surface area (Å²) >= 11 is 0. The van der Waals surface area contributed by atoms with Crippen molar-refractivity contribution in [2.75, 3.05) is 26.7 Å². The molecule has 0 amide bonds. The highest BCUT2D eigenvalue weighted by atomic mass is 16.6. The summed E-state index contributed by atoms with van der Waals surface area (Å²) < 4.78 is 10.4. The molecule has 138 valence electrons. The lowest BCUT2D eigenvalue weighted by atomic mass is 10.2. The van der Waals surface area contributed by atoms with Gasteiger partial charge in [-0.1, -0.05) is 31.2 Å². The molecule has 2 aromatic rings. The van der Waals surface area contributed by atoms with Gasteiger partial charge in [0.2, 0.25) is 0 Å². The van der Waals surface area contributed by atoms with Crippen LogP contribution in [-0.4, -0.2) is 42.6 Å². The molecule has 0 aliphatic heterocycles. The van der Waals surface area contributed by atoms with Crippen LogP contribution in [0.25, 0.3) is 6.08 Å². The van der Waals surface area contributed by atoms with Crippen LogP contribution in [0.5, 0.6) is 11.5 Å². The van der Waals surface area contributed by atoms with Gasteiger partial charge in [-0.05, 0) is 36.4 Å². The minimum absolute atomic E-state index is 0.363. The van der Waals surface area contributed by atoms with Gasteiger partial charge in [0, 0.05) is 38.3 Å². The summed E-state index contributed by atoms with van der Waals surface area (Å²) in [6.45, 7) is 6.33. The van der Waals surface area contributed by atoms with Crippen LogP contribution in [-0.2, 0) is 11.2 Å². The minimum atomic E-state index is -0.363. The fourth-order valence-corrected chi connectivity index (χ4v) is 2.56. The SMILES string of the molecule is CCN(CC=Cc1ccc(OC(C)=O)c(OC)c1)CCc1ccccn1. The van der Waals surface area contributed by atoms with Crippen molar-refractivity contribution in [3.05, 3.63) is 59.9 Å². The third-order valence-electron chi connectivity index (χ3n) is 3.97. The van der Waals surface area contributed by atoms with E-state index >= 15 is 0 Å². The fourth-order valence-electron chi connectivity index (χ4n) is 2.56. The minimum Gasteiger partial charge on any atom is -0.493 e. The molecule has 0 unspecified atom stereocenters. The predicted octanol–water partition coefficient (Wildman–Crippen LogP) is 3.59. The Balaban J connectivity index is 1.92. The maximum absolute atomic E-state index is 11.1. The average Bonchev–Trinajstić information content (AvgIpc) is 2.66. The molecule has 0 aliphatic rings. The van der Waals surface area contributed by atoms with Crippen LogP contribution >= 0.6 is 0 Å². The summed E-state index contributed by atoms with van der Waals surface area (Å²) in [5.74, 6) is 0.616. The highest BCUT2D eigenvalue weighted by Gasteiger charge is 2.07. The van der Waals surface area contributed by atoms with Gasteiger partial charge in [0.1, 0.15) is 0 Å². The number of hydrogen-bond donors (Lipinski definition) is 0. The van der Waals surface area contributed by atoms with Crippen LogP contribution in [0, 0.1) is 0 Å². The molecule has 0 saturated heterocycles. The summed E-state index contributed by atoms with van der Waals surface area (Å²) in [4.78, 5) is 17.8. The van der Waals surface area contributed by atoms with Crippen LogP contribution in [0.1, 0.15) is 25.1 Å². The summed E-state index contributed by atoms with van der Waals surface area (Å²) in [5, 5.41) is 0. The first kappa shape index (κ1) is 19.7. The molecule has 0 bridgehead atoms. The summed E-state index contributed by atoms with van der Waals surface area (Å²) in [6.07, 6.45) is 6.94. The Bertz CT molecular complexity index is 729. The zero-order valence-corrected chi connectivity index (χ0v) is 15.6. The van der Waals surface area contributed by atoms with Gasteiger partial charge in [-0.2, -0.15) is 0 Å². The van der Waals surface area contributed by atoms with Crippen molar-refractivity contribution in [1.82, 2.24) is 9.88 Å². The molecular formula is C21H26N2O3. The highest BCUT2D eigenvalue weighted by molar-refractivity contribution is 5.71. The number of hydrogen-bond acceptors (Lipinski definition) is 5. The van der Waals surface area contributed by atoms with Crippen LogP contribution in [0.3, 0.4) is 0 Å². The fraction of sp³-hybridized carbons (Fsp3) is 0.333. The third-order valence-corrected chi connectivity index (χ3v) is 3.97.